The monoisotopic (exact) mass is 284 g/mol. The molecule has 108 valence electrons. The maximum atomic E-state index is 11.8. The van der Waals surface area contributed by atoms with Crippen LogP contribution >= 0.6 is 0 Å². The highest BCUT2D eigenvalue weighted by Gasteiger charge is 2.37. The van der Waals surface area contributed by atoms with Crippen molar-refractivity contribution in [1.82, 2.24) is 9.21 Å². The summed E-state index contributed by atoms with van der Waals surface area (Å²) in [6.45, 7) is 6.03. The molecule has 1 saturated heterocycles. The lowest BCUT2D eigenvalue weighted by molar-refractivity contribution is 0.156. The van der Waals surface area contributed by atoms with E-state index in [1.165, 1.54) is 12.8 Å². The van der Waals surface area contributed by atoms with Crippen molar-refractivity contribution >= 4 is 10.0 Å². The van der Waals surface area contributed by atoms with Gasteiger partial charge in [-0.3, -0.25) is 0 Å². The second kappa shape index (κ2) is 5.19. The lowest BCUT2D eigenvalue weighted by Gasteiger charge is -2.36. The van der Waals surface area contributed by atoms with Gasteiger partial charge in [-0.15, -0.1) is 0 Å². The van der Waals surface area contributed by atoms with Gasteiger partial charge in [0.05, 0.1) is 5.75 Å². The number of piperazine rings is 1. The summed E-state index contributed by atoms with van der Waals surface area (Å²) in [6, 6.07) is 0. The van der Waals surface area contributed by atoms with Crippen LogP contribution in [0.3, 0.4) is 0 Å². The molecule has 3 atom stereocenters. The Morgan fingerprint density at radius 1 is 1.11 bits per heavy atom. The number of allylic oxidation sites excluding steroid dienone is 2. The first kappa shape index (κ1) is 13.6. The number of nitrogens with zero attached hydrogens (tertiary/aromatic N) is 2. The molecule has 0 aromatic rings. The Bertz CT molecular complexity index is 452. The first-order valence-electron chi connectivity index (χ1n) is 7.47. The molecule has 0 aromatic carbocycles. The van der Waals surface area contributed by atoms with Gasteiger partial charge in [0.2, 0.25) is 10.0 Å². The largest absolute Gasteiger partial charge is 0.300 e. The fraction of sp³-hybridized carbons (Fsp3) is 0.857. The second-order valence-electron chi connectivity index (χ2n) is 6.14. The Morgan fingerprint density at radius 3 is 2.37 bits per heavy atom. The molecular formula is C14H24N2O2S. The molecule has 0 spiro atoms. The van der Waals surface area contributed by atoms with Gasteiger partial charge in [0, 0.05) is 32.7 Å². The molecule has 0 amide bonds. The predicted octanol–water partition coefficient (Wildman–Crippen LogP) is 1.17. The number of rotatable bonds is 4. The number of hydrogen-bond acceptors (Lipinski definition) is 3. The second-order valence-corrected chi connectivity index (χ2v) is 8.40. The molecule has 1 heterocycles. The van der Waals surface area contributed by atoms with Gasteiger partial charge in [0.15, 0.2) is 0 Å². The van der Waals surface area contributed by atoms with E-state index in [4.69, 9.17) is 0 Å². The van der Waals surface area contributed by atoms with Crippen molar-refractivity contribution in [3.05, 3.63) is 12.2 Å². The zero-order chi connectivity index (χ0) is 13.5. The van der Waals surface area contributed by atoms with Crippen molar-refractivity contribution in [3.63, 3.8) is 0 Å². The minimum atomic E-state index is -2.98. The van der Waals surface area contributed by atoms with E-state index in [1.54, 1.807) is 11.2 Å². The van der Waals surface area contributed by atoms with E-state index in [0.29, 0.717) is 13.1 Å². The minimum absolute atomic E-state index is 0.226. The molecule has 1 saturated carbocycles. The van der Waals surface area contributed by atoms with Crippen LogP contribution in [0.1, 0.15) is 19.8 Å². The van der Waals surface area contributed by atoms with E-state index in [9.17, 15) is 8.42 Å². The highest BCUT2D eigenvalue weighted by Crippen LogP contribution is 2.43. The molecule has 4 nitrogen and oxygen atoms in total. The van der Waals surface area contributed by atoms with Gasteiger partial charge in [0.1, 0.15) is 0 Å². The van der Waals surface area contributed by atoms with Gasteiger partial charge in [-0.05, 0) is 37.5 Å². The van der Waals surface area contributed by atoms with Gasteiger partial charge < -0.3 is 4.90 Å². The molecule has 2 aliphatic carbocycles. The standard InChI is InChI=1S/C14H24N2O2S/c1-2-19(17,18)16-7-5-15(6-8-16)11-14-10-12-3-4-13(14)9-12/h3-4,12-14H,2,5-11H2,1H3/t12-,13-,14-/m0/s1. The van der Waals surface area contributed by atoms with Crippen LogP contribution in [-0.2, 0) is 10.0 Å². The smallest absolute Gasteiger partial charge is 0.213 e. The minimum Gasteiger partial charge on any atom is -0.300 e. The van der Waals surface area contributed by atoms with Gasteiger partial charge in [-0.25, -0.2) is 8.42 Å². The lowest BCUT2D eigenvalue weighted by Crippen LogP contribution is -2.50. The average molecular weight is 284 g/mol. The summed E-state index contributed by atoms with van der Waals surface area (Å²) in [5.41, 5.74) is 0. The maximum Gasteiger partial charge on any atom is 0.213 e. The Hall–Kier alpha value is -0.390. The summed E-state index contributed by atoms with van der Waals surface area (Å²) in [4.78, 5) is 2.46. The molecular weight excluding hydrogens is 260 g/mol. The fourth-order valence-corrected chi connectivity index (χ4v) is 4.89. The van der Waals surface area contributed by atoms with Crippen molar-refractivity contribution in [1.29, 1.82) is 0 Å². The summed E-state index contributed by atoms with van der Waals surface area (Å²) in [7, 11) is -2.98. The highest BCUT2D eigenvalue weighted by atomic mass is 32.2. The van der Waals surface area contributed by atoms with Crippen LogP contribution in [0.4, 0.5) is 0 Å². The first-order valence-corrected chi connectivity index (χ1v) is 9.08. The summed E-state index contributed by atoms with van der Waals surface area (Å²) in [5, 5.41) is 0. The SMILES string of the molecule is CCS(=O)(=O)N1CCN(C[C@@H]2C[C@H]3C=C[C@H]2C3)CC1. The van der Waals surface area contributed by atoms with Crippen molar-refractivity contribution in [2.45, 2.75) is 19.8 Å². The molecule has 0 radical (unpaired) electrons. The number of fused-ring (bicyclic) bond motifs is 2. The highest BCUT2D eigenvalue weighted by molar-refractivity contribution is 7.89. The summed E-state index contributed by atoms with van der Waals surface area (Å²) >= 11 is 0. The maximum absolute atomic E-state index is 11.8. The van der Waals surface area contributed by atoms with Gasteiger partial charge in [-0.1, -0.05) is 12.2 Å². The Kier molecular flexibility index (Phi) is 3.71. The van der Waals surface area contributed by atoms with E-state index in [1.807, 2.05) is 0 Å². The molecule has 5 heteroatoms. The fourth-order valence-electron chi connectivity index (χ4n) is 3.81. The van der Waals surface area contributed by atoms with Crippen LogP contribution in [0.25, 0.3) is 0 Å². The Morgan fingerprint density at radius 2 is 1.84 bits per heavy atom. The third-order valence-electron chi connectivity index (χ3n) is 5.00. The number of hydrogen-bond donors (Lipinski definition) is 0. The van der Waals surface area contributed by atoms with E-state index in [-0.39, 0.29) is 5.75 Å². The molecule has 1 aliphatic heterocycles. The van der Waals surface area contributed by atoms with Gasteiger partial charge >= 0.3 is 0 Å². The van der Waals surface area contributed by atoms with E-state index in [2.05, 4.69) is 17.1 Å². The molecule has 0 aromatic heterocycles. The van der Waals surface area contributed by atoms with Crippen molar-refractivity contribution in [2.24, 2.45) is 17.8 Å². The zero-order valence-corrected chi connectivity index (χ0v) is 12.5. The molecule has 0 unspecified atom stereocenters. The van der Waals surface area contributed by atoms with Gasteiger partial charge in [0.25, 0.3) is 0 Å². The zero-order valence-electron chi connectivity index (χ0n) is 11.7. The van der Waals surface area contributed by atoms with Gasteiger partial charge in [-0.2, -0.15) is 4.31 Å². The van der Waals surface area contributed by atoms with E-state index in [0.717, 1.165) is 37.4 Å². The Balaban J connectivity index is 1.50. The molecule has 19 heavy (non-hydrogen) atoms. The topological polar surface area (TPSA) is 40.6 Å². The van der Waals surface area contributed by atoms with Crippen LogP contribution in [0, 0.1) is 17.8 Å². The summed E-state index contributed by atoms with van der Waals surface area (Å²) in [5.74, 6) is 2.66. The van der Waals surface area contributed by atoms with Crippen LogP contribution < -0.4 is 0 Å². The van der Waals surface area contributed by atoms with Crippen molar-refractivity contribution in [3.8, 4) is 0 Å². The van der Waals surface area contributed by atoms with Crippen molar-refractivity contribution in [2.75, 3.05) is 38.5 Å². The third-order valence-corrected chi connectivity index (χ3v) is 6.88. The molecule has 3 aliphatic rings. The molecule has 3 rings (SSSR count). The average Bonchev–Trinajstić information content (AvgIpc) is 3.02. The Labute approximate surface area is 116 Å². The predicted molar refractivity (Wildman–Crippen MR) is 76.3 cm³/mol. The van der Waals surface area contributed by atoms with E-state index < -0.39 is 10.0 Å². The van der Waals surface area contributed by atoms with Crippen LogP contribution in [0.5, 0.6) is 0 Å². The summed E-state index contributed by atoms with van der Waals surface area (Å²) in [6.07, 6.45) is 7.48. The summed E-state index contributed by atoms with van der Waals surface area (Å²) < 4.78 is 25.3. The van der Waals surface area contributed by atoms with E-state index >= 15 is 0 Å². The third kappa shape index (κ3) is 2.73. The van der Waals surface area contributed by atoms with Crippen molar-refractivity contribution < 1.29 is 8.42 Å². The van der Waals surface area contributed by atoms with Crippen LogP contribution in [0.15, 0.2) is 12.2 Å². The van der Waals surface area contributed by atoms with Crippen LogP contribution in [0.2, 0.25) is 0 Å². The normalized spacial score (nSPS) is 36.2. The number of sulfonamides is 1. The lowest BCUT2D eigenvalue weighted by atomic mass is 9.93. The molecule has 0 N–H and O–H groups in total. The molecule has 2 bridgehead atoms. The molecule has 2 fully saturated rings. The van der Waals surface area contributed by atoms with Crippen LogP contribution in [-0.4, -0.2) is 56.1 Å². The first-order chi connectivity index (χ1) is 9.08. The quantitative estimate of drug-likeness (QED) is 0.728.